The van der Waals surface area contributed by atoms with E-state index in [1.165, 1.54) is 0 Å². The molecule has 2 heteroatoms. The van der Waals surface area contributed by atoms with Crippen molar-refractivity contribution in [2.45, 2.75) is 45.5 Å². The lowest BCUT2D eigenvalue weighted by Gasteiger charge is -2.30. The molecule has 3 atom stereocenters. The molecule has 0 aromatic rings. The molecule has 0 aliphatic carbocycles. The average Bonchev–Trinajstić information content (AvgIpc) is 1.85. The minimum atomic E-state index is -0.506. The number of hydrogen-bond acceptors (Lipinski definition) is 2. The molecule has 0 amide bonds. The Balaban J connectivity index is 2.35. The summed E-state index contributed by atoms with van der Waals surface area (Å²) in [5, 5.41) is 9.16. The summed E-state index contributed by atoms with van der Waals surface area (Å²) in [5.41, 5.74) is 0. The molecule has 0 aromatic carbocycles. The van der Waals surface area contributed by atoms with Gasteiger partial charge in [0.2, 0.25) is 0 Å². The Bertz CT molecular complexity index is 93.4. The van der Waals surface area contributed by atoms with Gasteiger partial charge in [-0.05, 0) is 18.8 Å². The molecular formula is C8H16O2. The third kappa shape index (κ3) is 1.96. The van der Waals surface area contributed by atoms with Crippen molar-refractivity contribution in [2.75, 3.05) is 0 Å². The van der Waals surface area contributed by atoms with Gasteiger partial charge in [-0.1, -0.05) is 13.8 Å². The third-order valence-corrected chi connectivity index (χ3v) is 2.07. The van der Waals surface area contributed by atoms with E-state index in [-0.39, 0.29) is 0 Å². The van der Waals surface area contributed by atoms with E-state index in [0.29, 0.717) is 12.0 Å². The zero-order chi connectivity index (χ0) is 7.56. The quantitative estimate of drug-likeness (QED) is 0.604. The summed E-state index contributed by atoms with van der Waals surface area (Å²) in [6.07, 6.45) is 2.71. The van der Waals surface area contributed by atoms with Gasteiger partial charge in [0.1, 0.15) is 0 Å². The molecule has 1 fully saturated rings. The van der Waals surface area contributed by atoms with Gasteiger partial charge in [0.05, 0.1) is 6.10 Å². The number of hydrogen-bond donors (Lipinski definition) is 1. The number of ether oxygens (including phenoxy) is 1. The zero-order valence-electron chi connectivity index (χ0n) is 6.71. The van der Waals surface area contributed by atoms with Gasteiger partial charge in [0.15, 0.2) is 6.29 Å². The van der Waals surface area contributed by atoms with E-state index in [4.69, 9.17) is 9.84 Å². The Morgan fingerprint density at radius 1 is 1.50 bits per heavy atom. The summed E-state index contributed by atoms with van der Waals surface area (Å²) >= 11 is 0. The highest BCUT2D eigenvalue weighted by atomic mass is 16.6. The highest BCUT2D eigenvalue weighted by Crippen LogP contribution is 2.24. The van der Waals surface area contributed by atoms with Crippen molar-refractivity contribution in [1.82, 2.24) is 0 Å². The van der Waals surface area contributed by atoms with E-state index in [2.05, 4.69) is 13.8 Å². The molecule has 1 aliphatic rings. The average molecular weight is 144 g/mol. The van der Waals surface area contributed by atoms with E-state index >= 15 is 0 Å². The molecule has 0 bridgehead atoms. The van der Waals surface area contributed by atoms with Crippen LogP contribution in [-0.2, 0) is 4.74 Å². The van der Waals surface area contributed by atoms with Crippen LogP contribution in [0.2, 0.25) is 0 Å². The van der Waals surface area contributed by atoms with Crippen LogP contribution in [-0.4, -0.2) is 17.5 Å². The van der Waals surface area contributed by atoms with E-state index in [1.807, 2.05) is 0 Å². The largest absolute Gasteiger partial charge is 0.368 e. The zero-order valence-corrected chi connectivity index (χ0v) is 6.71. The van der Waals surface area contributed by atoms with E-state index in [9.17, 15) is 0 Å². The lowest BCUT2D eigenvalue weighted by Crippen LogP contribution is -2.31. The fourth-order valence-electron chi connectivity index (χ4n) is 1.49. The predicted octanol–water partition coefficient (Wildman–Crippen LogP) is 1.53. The van der Waals surface area contributed by atoms with Crippen LogP contribution in [0.4, 0.5) is 0 Å². The topological polar surface area (TPSA) is 29.5 Å². The van der Waals surface area contributed by atoms with Crippen molar-refractivity contribution in [2.24, 2.45) is 5.92 Å². The van der Waals surface area contributed by atoms with Gasteiger partial charge in [-0.15, -0.1) is 0 Å². The highest BCUT2D eigenvalue weighted by molar-refractivity contribution is 4.68. The molecule has 10 heavy (non-hydrogen) atoms. The SMILES string of the molecule is CCC1C[C@H](C)C[C@H](O)O1. The van der Waals surface area contributed by atoms with Crippen LogP contribution in [0.5, 0.6) is 0 Å². The first-order chi connectivity index (χ1) is 4.72. The standard InChI is InChI=1S/C8H16O2/c1-3-7-4-6(2)5-8(9)10-7/h6-9H,3-5H2,1-2H3/t6-,7?,8+/m0/s1. The van der Waals surface area contributed by atoms with Gasteiger partial charge >= 0.3 is 0 Å². The molecule has 0 aromatic heterocycles. The lowest BCUT2D eigenvalue weighted by atomic mass is 9.96. The van der Waals surface area contributed by atoms with Crippen LogP contribution in [0.25, 0.3) is 0 Å². The number of rotatable bonds is 1. The summed E-state index contributed by atoms with van der Waals surface area (Å²) < 4.78 is 5.26. The van der Waals surface area contributed by atoms with Gasteiger partial charge in [0, 0.05) is 6.42 Å². The van der Waals surface area contributed by atoms with Crippen molar-refractivity contribution in [3.05, 3.63) is 0 Å². The van der Waals surface area contributed by atoms with Crippen LogP contribution < -0.4 is 0 Å². The van der Waals surface area contributed by atoms with Gasteiger partial charge in [0.25, 0.3) is 0 Å². The maximum atomic E-state index is 9.16. The molecule has 1 N–H and O–H groups in total. The second kappa shape index (κ2) is 3.35. The summed E-state index contributed by atoms with van der Waals surface area (Å²) in [7, 11) is 0. The maximum absolute atomic E-state index is 9.16. The molecule has 1 rings (SSSR count). The lowest BCUT2D eigenvalue weighted by molar-refractivity contribution is -0.175. The minimum Gasteiger partial charge on any atom is -0.368 e. The Labute approximate surface area is 62.2 Å². The summed E-state index contributed by atoms with van der Waals surface area (Å²) in [5.74, 6) is 0.619. The van der Waals surface area contributed by atoms with E-state index in [1.54, 1.807) is 0 Å². The monoisotopic (exact) mass is 144 g/mol. The molecule has 60 valence electrons. The molecule has 1 saturated heterocycles. The van der Waals surface area contributed by atoms with Crippen LogP contribution in [0.1, 0.15) is 33.1 Å². The summed E-state index contributed by atoms with van der Waals surface area (Å²) in [6.45, 7) is 4.25. The summed E-state index contributed by atoms with van der Waals surface area (Å²) in [4.78, 5) is 0. The molecule has 1 aliphatic heterocycles. The highest BCUT2D eigenvalue weighted by Gasteiger charge is 2.23. The Kier molecular flexibility index (Phi) is 2.69. The Hall–Kier alpha value is -0.0800. The number of aliphatic hydroxyl groups is 1. The minimum absolute atomic E-state index is 0.291. The molecule has 0 radical (unpaired) electrons. The van der Waals surface area contributed by atoms with Crippen molar-refractivity contribution in [3.8, 4) is 0 Å². The predicted molar refractivity (Wildman–Crippen MR) is 39.6 cm³/mol. The molecule has 0 saturated carbocycles. The first-order valence-corrected chi connectivity index (χ1v) is 4.06. The molecule has 2 nitrogen and oxygen atoms in total. The smallest absolute Gasteiger partial charge is 0.155 e. The normalized spacial score (nSPS) is 41.7. The van der Waals surface area contributed by atoms with Crippen molar-refractivity contribution < 1.29 is 9.84 Å². The van der Waals surface area contributed by atoms with Crippen LogP contribution >= 0.6 is 0 Å². The second-order valence-corrected chi connectivity index (χ2v) is 3.20. The van der Waals surface area contributed by atoms with Crippen LogP contribution in [0.3, 0.4) is 0 Å². The van der Waals surface area contributed by atoms with Crippen LogP contribution in [0, 0.1) is 5.92 Å². The second-order valence-electron chi connectivity index (χ2n) is 3.20. The first-order valence-electron chi connectivity index (χ1n) is 4.06. The van der Waals surface area contributed by atoms with E-state index in [0.717, 1.165) is 19.3 Å². The van der Waals surface area contributed by atoms with Gasteiger partial charge in [-0.2, -0.15) is 0 Å². The third-order valence-electron chi connectivity index (χ3n) is 2.07. The van der Waals surface area contributed by atoms with Crippen LogP contribution in [0.15, 0.2) is 0 Å². The molecule has 0 spiro atoms. The van der Waals surface area contributed by atoms with E-state index < -0.39 is 6.29 Å². The van der Waals surface area contributed by atoms with Gasteiger partial charge in [-0.25, -0.2) is 0 Å². The van der Waals surface area contributed by atoms with Crippen molar-refractivity contribution >= 4 is 0 Å². The fourth-order valence-corrected chi connectivity index (χ4v) is 1.49. The van der Waals surface area contributed by atoms with Crippen molar-refractivity contribution in [3.63, 3.8) is 0 Å². The Morgan fingerprint density at radius 3 is 2.70 bits per heavy atom. The van der Waals surface area contributed by atoms with Gasteiger partial charge in [-0.3, -0.25) is 0 Å². The molecule has 1 unspecified atom stereocenters. The molecule has 1 heterocycles. The molecular weight excluding hydrogens is 128 g/mol. The number of aliphatic hydroxyl groups excluding tert-OH is 1. The van der Waals surface area contributed by atoms with Crippen molar-refractivity contribution in [1.29, 1.82) is 0 Å². The fraction of sp³-hybridized carbons (Fsp3) is 1.00. The Morgan fingerprint density at radius 2 is 2.20 bits per heavy atom. The van der Waals surface area contributed by atoms with Gasteiger partial charge < -0.3 is 9.84 Å². The maximum Gasteiger partial charge on any atom is 0.155 e. The first kappa shape index (κ1) is 8.02. The summed E-state index contributed by atoms with van der Waals surface area (Å²) in [6, 6.07) is 0.